The van der Waals surface area contributed by atoms with Crippen LogP contribution in [0.5, 0.6) is 11.5 Å². The van der Waals surface area contributed by atoms with Crippen molar-refractivity contribution in [2.75, 3.05) is 24.9 Å². The summed E-state index contributed by atoms with van der Waals surface area (Å²) in [5.41, 5.74) is 2.19. The Balaban J connectivity index is 1.43. The Morgan fingerprint density at radius 2 is 1.19 bits per heavy atom. The summed E-state index contributed by atoms with van der Waals surface area (Å²) in [6.07, 6.45) is 0. The number of amides is 4. The van der Waals surface area contributed by atoms with Crippen molar-refractivity contribution in [3.05, 3.63) is 82.9 Å². The molecule has 0 aliphatic carbocycles. The number of fused-ring (bicyclic) bond motifs is 1. The molecule has 0 bridgehead atoms. The van der Waals surface area contributed by atoms with E-state index >= 15 is 0 Å². The van der Waals surface area contributed by atoms with Gasteiger partial charge in [-0.1, -0.05) is 0 Å². The van der Waals surface area contributed by atoms with E-state index in [9.17, 15) is 19.2 Å². The zero-order valence-electron chi connectivity index (χ0n) is 20.2. The van der Waals surface area contributed by atoms with Crippen LogP contribution in [0.3, 0.4) is 0 Å². The van der Waals surface area contributed by atoms with Gasteiger partial charge in [0, 0.05) is 28.5 Å². The number of rotatable bonds is 7. The minimum atomic E-state index is -0.428. The third-order valence-electron chi connectivity index (χ3n) is 5.74. The van der Waals surface area contributed by atoms with Crippen LogP contribution < -0.4 is 20.1 Å². The van der Waals surface area contributed by atoms with Gasteiger partial charge in [0.1, 0.15) is 0 Å². The Hall–Kier alpha value is -4.66. The van der Waals surface area contributed by atoms with Crippen LogP contribution in [0, 0.1) is 0 Å². The molecule has 9 nitrogen and oxygen atoms in total. The molecule has 9 heteroatoms. The summed E-state index contributed by atoms with van der Waals surface area (Å²) in [6.45, 7) is 3.52. The second-order valence-corrected chi connectivity index (χ2v) is 8.39. The van der Waals surface area contributed by atoms with Gasteiger partial charge in [-0.05, 0) is 74.5 Å². The van der Waals surface area contributed by atoms with Gasteiger partial charge in [-0.2, -0.15) is 0 Å². The van der Waals surface area contributed by atoms with Crippen LogP contribution in [0.4, 0.5) is 11.4 Å². The molecule has 0 saturated heterocycles. The minimum absolute atomic E-state index is 0.217. The monoisotopic (exact) mass is 487 g/mol. The number of carbonyl (C=O) groups excluding carboxylic acids is 4. The first-order valence-corrected chi connectivity index (χ1v) is 11.2. The van der Waals surface area contributed by atoms with Crippen LogP contribution in [0.15, 0.2) is 60.7 Å². The predicted molar refractivity (Wildman–Crippen MR) is 134 cm³/mol. The lowest BCUT2D eigenvalue weighted by atomic mass is 10.1. The number of nitrogens with zero attached hydrogens (tertiary/aromatic N) is 1. The highest BCUT2D eigenvalue weighted by Crippen LogP contribution is 2.28. The maximum absolute atomic E-state index is 12.8. The molecule has 4 amide bonds. The number of imide groups is 1. The third kappa shape index (κ3) is 4.63. The number of anilines is 2. The summed E-state index contributed by atoms with van der Waals surface area (Å²) < 4.78 is 10.4. The molecule has 184 valence electrons. The largest absolute Gasteiger partial charge is 0.493 e. The fourth-order valence-electron chi connectivity index (χ4n) is 3.89. The van der Waals surface area contributed by atoms with Gasteiger partial charge in [-0.25, -0.2) is 0 Å². The highest BCUT2D eigenvalue weighted by atomic mass is 16.5. The predicted octanol–water partition coefficient (Wildman–Crippen LogP) is 4.21. The van der Waals surface area contributed by atoms with Gasteiger partial charge >= 0.3 is 0 Å². The number of hydrogen-bond acceptors (Lipinski definition) is 6. The molecular formula is C27H25N3O6. The van der Waals surface area contributed by atoms with Gasteiger partial charge < -0.3 is 20.1 Å². The average Bonchev–Trinajstić information content (AvgIpc) is 3.13. The zero-order chi connectivity index (χ0) is 26.0. The average molecular weight is 488 g/mol. The standard InChI is InChI=1S/C27H25N3O6/c1-15(2)30-26(33)20-11-5-16(13-21(20)27(30)34)24(31)28-18-7-9-19(10-8-18)29-25(32)17-6-12-22(35-3)23(14-17)36-4/h5-15H,1-4H3,(H,28,31)(H,29,32). The minimum Gasteiger partial charge on any atom is -0.493 e. The van der Waals surface area contributed by atoms with Crippen molar-refractivity contribution in [2.45, 2.75) is 19.9 Å². The Bertz CT molecular complexity index is 1360. The van der Waals surface area contributed by atoms with Crippen molar-refractivity contribution in [1.29, 1.82) is 0 Å². The summed E-state index contributed by atoms with van der Waals surface area (Å²) in [5.74, 6) is -0.566. The van der Waals surface area contributed by atoms with Crippen molar-refractivity contribution >= 4 is 35.0 Å². The quantitative estimate of drug-likeness (QED) is 0.483. The van der Waals surface area contributed by atoms with Crippen LogP contribution in [-0.2, 0) is 0 Å². The molecule has 0 unspecified atom stereocenters. The number of benzene rings is 3. The van der Waals surface area contributed by atoms with Gasteiger partial charge in [0.25, 0.3) is 23.6 Å². The molecule has 4 rings (SSSR count). The van der Waals surface area contributed by atoms with Crippen LogP contribution in [-0.4, -0.2) is 48.8 Å². The number of carbonyl (C=O) groups is 4. The fourth-order valence-corrected chi connectivity index (χ4v) is 3.89. The molecule has 1 heterocycles. The second-order valence-electron chi connectivity index (χ2n) is 8.39. The molecule has 0 spiro atoms. The molecular weight excluding hydrogens is 462 g/mol. The van der Waals surface area contributed by atoms with Crippen LogP contribution in [0.1, 0.15) is 55.3 Å². The van der Waals surface area contributed by atoms with Crippen LogP contribution in [0.2, 0.25) is 0 Å². The SMILES string of the molecule is COc1ccc(C(=O)Nc2ccc(NC(=O)c3ccc4c(c3)C(=O)N(C(C)C)C4=O)cc2)cc1OC. The third-order valence-corrected chi connectivity index (χ3v) is 5.74. The molecule has 1 aliphatic rings. The molecule has 3 aromatic rings. The smallest absolute Gasteiger partial charge is 0.261 e. The van der Waals surface area contributed by atoms with Gasteiger partial charge in [0.05, 0.1) is 25.3 Å². The van der Waals surface area contributed by atoms with E-state index in [1.54, 1.807) is 56.3 Å². The molecule has 0 atom stereocenters. The summed E-state index contributed by atoms with van der Waals surface area (Å²) in [5, 5.41) is 5.55. The van der Waals surface area contributed by atoms with E-state index in [2.05, 4.69) is 10.6 Å². The van der Waals surface area contributed by atoms with E-state index < -0.39 is 11.8 Å². The summed E-state index contributed by atoms with van der Waals surface area (Å²) in [4.78, 5) is 51.6. The molecule has 0 fully saturated rings. The van der Waals surface area contributed by atoms with Crippen molar-refractivity contribution in [3.8, 4) is 11.5 Å². The van der Waals surface area contributed by atoms with Crippen LogP contribution in [0.25, 0.3) is 0 Å². The maximum atomic E-state index is 12.8. The highest BCUT2D eigenvalue weighted by molar-refractivity contribution is 6.22. The number of nitrogens with one attached hydrogen (secondary N) is 2. The Morgan fingerprint density at radius 3 is 1.72 bits per heavy atom. The summed E-state index contributed by atoms with van der Waals surface area (Å²) >= 11 is 0. The lowest BCUT2D eigenvalue weighted by Crippen LogP contribution is -2.35. The fraction of sp³-hybridized carbons (Fsp3) is 0.185. The summed E-state index contributed by atoms with van der Waals surface area (Å²) in [6, 6.07) is 15.6. The zero-order valence-corrected chi connectivity index (χ0v) is 20.2. The van der Waals surface area contributed by atoms with E-state index in [1.165, 1.54) is 37.3 Å². The number of hydrogen-bond donors (Lipinski definition) is 2. The molecule has 36 heavy (non-hydrogen) atoms. The molecule has 0 radical (unpaired) electrons. The number of methoxy groups -OCH3 is 2. The Labute approximate surface area is 208 Å². The van der Waals surface area contributed by atoms with Crippen LogP contribution >= 0.6 is 0 Å². The second kappa shape index (κ2) is 9.91. The van der Waals surface area contributed by atoms with E-state index in [0.717, 1.165) is 0 Å². The number of ether oxygens (including phenoxy) is 2. The topological polar surface area (TPSA) is 114 Å². The van der Waals surface area contributed by atoms with E-state index in [0.29, 0.717) is 34.0 Å². The molecule has 1 aliphatic heterocycles. The Morgan fingerprint density at radius 1 is 0.694 bits per heavy atom. The molecule has 3 aromatic carbocycles. The first-order valence-electron chi connectivity index (χ1n) is 11.2. The molecule has 2 N–H and O–H groups in total. The van der Waals surface area contributed by atoms with Gasteiger partial charge in [0.2, 0.25) is 0 Å². The molecule has 0 aromatic heterocycles. The molecule has 0 saturated carbocycles. The lowest BCUT2D eigenvalue weighted by Gasteiger charge is -2.17. The maximum Gasteiger partial charge on any atom is 0.261 e. The van der Waals surface area contributed by atoms with Gasteiger partial charge in [0.15, 0.2) is 11.5 Å². The normalized spacial score (nSPS) is 12.4. The van der Waals surface area contributed by atoms with E-state index in [4.69, 9.17) is 9.47 Å². The van der Waals surface area contributed by atoms with Crippen molar-refractivity contribution in [2.24, 2.45) is 0 Å². The Kier molecular flexibility index (Phi) is 6.73. The van der Waals surface area contributed by atoms with Crippen molar-refractivity contribution in [1.82, 2.24) is 4.90 Å². The van der Waals surface area contributed by atoms with E-state index in [1.807, 2.05) is 0 Å². The highest BCUT2D eigenvalue weighted by Gasteiger charge is 2.37. The van der Waals surface area contributed by atoms with E-state index in [-0.39, 0.29) is 29.0 Å². The lowest BCUT2D eigenvalue weighted by molar-refractivity contribution is 0.0608. The summed E-state index contributed by atoms with van der Waals surface area (Å²) in [7, 11) is 3.01. The first-order chi connectivity index (χ1) is 17.2. The van der Waals surface area contributed by atoms with Crippen molar-refractivity contribution < 1.29 is 28.7 Å². The van der Waals surface area contributed by atoms with Gasteiger partial charge in [-0.3, -0.25) is 24.1 Å². The van der Waals surface area contributed by atoms with Gasteiger partial charge in [-0.15, -0.1) is 0 Å². The van der Waals surface area contributed by atoms with Crippen molar-refractivity contribution in [3.63, 3.8) is 0 Å². The first kappa shape index (κ1) is 24.5.